The molecule has 2 amide bonds. The molecule has 5 heteroatoms. The highest BCUT2D eigenvalue weighted by molar-refractivity contribution is 5.85. The Labute approximate surface area is 77.9 Å². The summed E-state index contributed by atoms with van der Waals surface area (Å²) < 4.78 is 0. The molecule has 0 saturated carbocycles. The number of carbonyl (C=O) groups excluding carboxylic acids is 1. The molecule has 2 aliphatic rings. The Kier molecular flexibility index (Phi) is 2.80. The van der Waals surface area contributed by atoms with Gasteiger partial charge in [-0.2, -0.15) is 0 Å². The number of halogens is 1. The Morgan fingerprint density at radius 2 is 1.83 bits per heavy atom. The van der Waals surface area contributed by atoms with E-state index in [1.54, 1.807) is 4.90 Å². The van der Waals surface area contributed by atoms with Crippen LogP contribution in [0.4, 0.5) is 4.79 Å². The van der Waals surface area contributed by atoms with Crippen molar-refractivity contribution in [2.45, 2.75) is 24.9 Å². The number of primary amides is 1. The molecule has 0 radical (unpaired) electrons. The highest BCUT2D eigenvalue weighted by atomic mass is 35.5. The highest BCUT2D eigenvalue weighted by Gasteiger charge is 2.33. The number of nitrogens with two attached hydrogens (primary N) is 1. The van der Waals surface area contributed by atoms with E-state index >= 15 is 0 Å². The molecule has 0 unspecified atom stereocenters. The minimum atomic E-state index is -0.275. The summed E-state index contributed by atoms with van der Waals surface area (Å²) in [7, 11) is 0. The first kappa shape index (κ1) is 9.61. The normalized spacial score (nSPS) is 32.8. The van der Waals surface area contributed by atoms with Gasteiger partial charge in [-0.15, -0.1) is 12.4 Å². The maximum absolute atomic E-state index is 10.8. The first-order valence-corrected chi connectivity index (χ1v) is 4.06. The number of likely N-dealkylation sites (tertiary alicyclic amines) is 1. The number of nitrogens with one attached hydrogen (secondary N) is 1. The van der Waals surface area contributed by atoms with Gasteiger partial charge in [-0.1, -0.05) is 0 Å². The van der Waals surface area contributed by atoms with E-state index in [9.17, 15) is 4.79 Å². The molecule has 0 spiro atoms. The van der Waals surface area contributed by atoms with E-state index in [0.29, 0.717) is 12.1 Å². The summed E-state index contributed by atoms with van der Waals surface area (Å²) in [5.74, 6) is 0. The number of carbonyl (C=O) groups is 1. The molecule has 3 N–H and O–H groups in total. The van der Waals surface area contributed by atoms with Crippen LogP contribution in [-0.4, -0.2) is 36.1 Å². The number of nitrogens with zero attached hydrogens (tertiary/aromatic N) is 1. The molecular weight excluding hydrogens is 178 g/mol. The van der Waals surface area contributed by atoms with Gasteiger partial charge in [0.2, 0.25) is 0 Å². The van der Waals surface area contributed by atoms with Crippen LogP contribution in [0.2, 0.25) is 0 Å². The van der Waals surface area contributed by atoms with Crippen molar-refractivity contribution in [2.24, 2.45) is 5.73 Å². The predicted octanol–water partition coefficient (Wildman–Crippen LogP) is -0.0769. The SMILES string of the molecule is Cl.NC(=O)N1C[C@H]2CC[C@@H](C1)N2. The van der Waals surface area contributed by atoms with E-state index in [4.69, 9.17) is 5.73 Å². The molecule has 2 bridgehead atoms. The van der Waals surface area contributed by atoms with Gasteiger partial charge in [0.25, 0.3) is 0 Å². The number of hydrogen-bond donors (Lipinski definition) is 2. The maximum atomic E-state index is 10.8. The van der Waals surface area contributed by atoms with Crippen molar-refractivity contribution in [3.63, 3.8) is 0 Å². The van der Waals surface area contributed by atoms with E-state index in [-0.39, 0.29) is 18.4 Å². The second-order valence-corrected chi connectivity index (χ2v) is 3.38. The molecule has 12 heavy (non-hydrogen) atoms. The molecule has 2 heterocycles. The molecular formula is C7H14ClN3O. The van der Waals surface area contributed by atoms with Crippen molar-refractivity contribution in [2.75, 3.05) is 13.1 Å². The Morgan fingerprint density at radius 1 is 1.33 bits per heavy atom. The third-order valence-corrected chi connectivity index (χ3v) is 2.53. The summed E-state index contributed by atoms with van der Waals surface area (Å²) >= 11 is 0. The van der Waals surface area contributed by atoms with Crippen LogP contribution in [0.1, 0.15) is 12.8 Å². The summed E-state index contributed by atoms with van der Waals surface area (Å²) in [4.78, 5) is 12.5. The van der Waals surface area contributed by atoms with E-state index in [1.165, 1.54) is 12.8 Å². The zero-order valence-electron chi connectivity index (χ0n) is 6.82. The smallest absolute Gasteiger partial charge is 0.314 e. The lowest BCUT2D eigenvalue weighted by Crippen LogP contribution is -2.54. The average Bonchev–Trinajstić information content (AvgIpc) is 2.30. The van der Waals surface area contributed by atoms with Crippen LogP contribution in [-0.2, 0) is 0 Å². The van der Waals surface area contributed by atoms with Gasteiger partial charge in [-0.25, -0.2) is 4.79 Å². The molecule has 70 valence electrons. The predicted molar refractivity (Wildman–Crippen MR) is 48.4 cm³/mol. The third kappa shape index (κ3) is 1.64. The van der Waals surface area contributed by atoms with Crippen molar-refractivity contribution in [1.82, 2.24) is 10.2 Å². The van der Waals surface area contributed by atoms with E-state index < -0.39 is 0 Å². The van der Waals surface area contributed by atoms with Crippen molar-refractivity contribution in [1.29, 1.82) is 0 Å². The van der Waals surface area contributed by atoms with Crippen LogP contribution < -0.4 is 11.1 Å². The van der Waals surface area contributed by atoms with Crippen LogP contribution in [0.15, 0.2) is 0 Å². The summed E-state index contributed by atoms with van der Waals surface area (Å²) in [6.45, 7) is 1.59. The Hall–Kier alpha value is -0.480. The molecule has 0 aromatic rings. The lowest BCUT2D eigenvalue weighted by Gasteiger charge is -2.31. The van der Waals surface area contributed by atoms with Gasteiger partial charge >= 0.3 is 6.03 Å². The Morgan fingerprint density at radius 3 is 2.25 bits per heavy atom. The van der Waals surface area contributed by atoms with E-state index in [2.05, 4.69) is 5.32 Å². The minimum absolute atomic E-state index is 0. The fourth-order valence-corrected chi connectivity index (χ4v) is 1.98. The monoisotopic (exact) mass is 191 g/mol. The first-order chi connectivity index (χ1) is 5.25. The summed E-state index contributed by atoms with van der Waals surface area (Å²) in [5, 5.41) is 3.43. The molecule has 2 saturated heterocycles. The van der Waals surface area contributed by atoms with Gasteiger partial charge in [0.15, 0.2) is 0 Å². The number of urea groups is 1. The minimum Gasteiger partial charge on any atom is -0.351 e. The molecule has 0 aromatic carbocycles. The summed E-state index contributed by atoms with van der Waals surface area (Å²) in [6, 6.07) is 0.728. The Balaban J connectivity index is 0.000000720. The van der Waals surface area contributed by atoms with Gasteiger partial charge < -0.3 is 16.0 Å². The number of piperazine rings is 1. The average molecular weight is 192 g/mol. The topological polar surface area (TPSA) is 58.4 Å². The van der Waals surface area contributed by atoms with Gasteiger partial charge in [-0.05, 0) is 12.8 Å². The van der Waals surface area contributed by atoms with Gasteiger partial charge in [-0.3, -0.25) is 0 Å². The third-order valence-electron chi connectivity index (χ3n) is 2.53. The molecule has 2 aliphatic heterocycles. The fraction of sp³-hybridized carbons (Fsp3) is 0.857. The van der Waals surface area contributed by atoms with Crippen molar-refractivity contribution in [3.05, 3.63) is 0 Å². The van der Waals surface area contributed by atoms with Crippen LogP contribution in [0.3, 0.4) is 0 Å². The van der Waals surface area contributed by atoms with Gasteiger partial charge in [0.05, 0.1) is 0 Å². The molecule has 2 rings (SSSR count). The quantitative estimate of drug-likeness (QED) is 0.563. The number of fused-ring (bicyclic) bond motifs is 2. The zero-order chi connectivity index (χ0) is 7.84. The maximum Gasteiger partial charge on any atom is 0.314 e. The van der Waals surface area contributed by atoms with Crippen LogP contribution in [0.5, 0.6) is 0 Å². The fourth-order valence-electron chi connectivity index (χ4n) is 1.98. The zero-order valence-corrected chi connectivity index (χ0v) is 7.64. The summed E-state index contributed by atoms with van der Waals surface area (Å²) in [6.07, 6.45) is 2.38. The standard InChI is InChI=1S/C7H13N3O.ClH/c8-7(11)10-3-5-1-2-6(4-10)9-5;/h5-6,9H,1-4H2,(H2,8,11);1H/t5-,6+;. The number of amides is 2. The second kappa shape index (κ2) is 3.49. The van der Waals surface area contributed by atoms with Crippen molar-refractivity contribution in [3.8, 4) is 0 Å². The lowest BCUT2D eigenvalue weighted by molar-refractivity contribution is 0.184. The molecule has 4 nitrogen and oxygen atoms in total. The molecule has 0 aromatic heterocycles. The second-order valence-electron chi connectivity index (χ2n) is 3.38. The number of rotatable bonds is 0. The van der Waals surface area contributed by atoms with Crippen molar-refractivity contribution >= 4 is 18.4 Å². The lowest BCUT2D eigenvalue weighted by atomic mass is 10.2. The molecule has 2 atom stereocenters. The van der Waals surface area contributed by atoms with Crippen molar-refractivity contribution < 1.29 is 4.79 Å². The first-order valence-electron chi connectivity index (χ1n) is 4.06. The van der Waals surface area contributed by atoms with Gasteiger partial charge in [0.1, 0.15) is 0 Å². The molecule has 0 aliphatic carbocycles. The molecule has 2 fully saturated rings. The van der Waals surface area contributed by atoms with Crippen LogP contribution in [0, 0.1) is 0 Å². The highest BCUT2D eigenvalue weighted by Crippen LogP contribution is 2.19. The summed E-state index contributed by atoms with van der Waals surface area (Å²) in [5.41, 5.74) is 5.18. The van der Waals surface area contributed by atoms with E-state index in [0.717, 1.165) is 13.1 Å². The van der Waals surface area contributed by atoms with Crippen LogP contribution in [0.25, 0.3) is 0 Å². The Bertz CT molecular complexity index is 175. The largest absolute Gasteiger partial charge is 0.351 e. The number of hydrogen-bond acceptors (Lipinski definition) is 2. The van der Waals surface area contributed by atoms with Crippen LogP contribution >= 0.6 is 12.4 Å². The van der Waals surface area contributed by atoms with E-state index in [1.807, 2.05) is 0 Å². The van der Waals surface area contributed by atoms with Gasteiger partial charge in [0, 0.05) is 25.2 Å².